The van der Waals surface area contributed by atoms with E-state index in [4.69, 9.17) is 0 Å². The molecule has 0 aliphatic heterocycles. The van der Waals surface area contributed by atoms with E-state index < -0.39 is 0 Å². The van der Waals surface area contributed by atoms with Gasteiger partial charge in [-0.15, -0.1) is 5.10 Å². The summed E-state index contributed by atoms with van der Waals surface area (Å²) in [6.45, 7) is 2.09. The van der Waals surface area contributed by atoms with Crippen LogP contribution in [0.1, 0.15) is 19.5 Å². The molecule has 1 unspecified atom stereocenters. The zero-order valence-corrected chi connectivity index (χ0v) is 11.6. The summed E-state index contributed by atoms with van der Waals surface area (Å²) in [5.41, 5.74) is 3.65. The average molecular weight is 278 g/mol. The SMILES string of the molecule is CCC(n1nc2ccccc2n1)n1nnc2ccccc21. The first-order valence-corrected chi connectivity index (χ1v) is 6.98. The summed E-state index contributed by atoms with van der Waals surface area (Å²) in [6.07, 6.45) is 0.749. The highest BCUT2D eigenvalue weighted by atomic mass is 15.6. The van der Waals surface area contributed by atoms with Crippen molar-refractivity contribution in [2.45, 2.75) is 19.5 Å². The van der Waals surface area contributed by atoms with Gasteiger partial charge in [0.05, 0.1) is 5.52 Å². The predicted octanol–water partition coefficient (Wildman–Crippen LogP) is 2.63. The van der Waals surface area contributed by atoms with Crippen LogP contribution in [0, 0.1) is 0 Å². The van der Waals surface area contributed by atoms with Crippen molar-refractivity contribution in [1.82, 2.24) is 30.0 Å². The molecule has 6 heteroatoms. The Kier molecular flexibility index (Phi) is 2.67. The van der Waals surface area contributed by atoms with E-state index in [2.05, 4.69) is 27.4 Å². The van der Waals surface area contributed by atoms with Crippen LogP contribution in [0.25, 0.3) is 22.1 Å². The molecule has 0 N–H and O–H groups in total. The number of nitrogens with zero attached hydrogens (tertiary/aromatic N) is 6. The van der Waals surface area contributed by atoms with Crippen LogP contribution in [0.4, 0.5) is 0 Å². The van der Waals surface area contributed by atoms with Crippen molar-refractivity contribution in [3.8, 4) is 0 Å². The normalized spacial score (nSPS) is 13.0. The Morgan fingerprint density at radius 2 is 1.52 bits per heavy atom. The van der Waals surface area contributed by atoms with Gasteiger partial charge in [-0.3, -0.25) is 0 Å². The van der Waals surface area contributed by atoms with Crippen LogP contribution in [0.2, 0.25) is 0 Å². The van der Waals surface area contributed by atoms with E-state index in [0.29, 0.717) is 0 Å². The van der Waals surface area contributed by atoms with Crippen LogP contribution >= 0.6 is 0 Å². The molecule has 0 spiro atoms. The molecular weight excluding hydrogens is 264 g/mol. The van der Waals surface area contributed by atoms with Gasteiger partial charge in [-0.2, -0.15) is 15.0 Å². The molecule has 2 aromatic carbocycles. The molecule has 4 aromatic rings. The Balaban J connectivity index is 1.87. The molecule has 4 rings (SSSR count). The second-order valence-corrected chi connectivity index (χ2v) is 4.92. The highest BCUT2D eigenvalue weighted by molar-refractivity contribution is 5.74. The molecule has 0 bridgehead atoms. The quantitative estimate of drug-likeness (QED) is 0.578. The van der Waals surface area contributed by atoms with Crippen LogP contribution in [-0.4, -0.2) is 30.0 Å². The third-order valence-corrected chi connectivity index (χ3v) is 3.59. The Hall–Kier alpha value is -2.76. The zero-order chi connectivity index (χ0) is 14.2. The highest BCUT2D eigenvalue weighted by Gasteiger charge is 2.18. The Morgan fingerprint density at radius 1 is 0.905 bits per heavy atom. The topological polar surface area (TPSA) is 61.4 Å². The molecule has 21 heavy (non-hydrogen) atoms. The van der Waals surface area contributed by atoms with Gasteiger partial charge in [-0.1, -0.05) is 36.4 Å². The average Bonchev–Trinajstić information content (AvgIpc) is 3.13. The number of rotatable bonds is 3. The van der Waals surface area contributed by atoms with Gasteiger partial charge in [-0.25, -0.2) is 4.68 Å². The van der Waals surface area contributed by atoms with Crippen molar-refractivity contribution in [1.29, 1.82) is 0 Å². The second-order valence-electron chi connectivity index (χ2n) is 4.92. The summed E-state index contributed by atoms with van der Waals surface area (Å²) in [4.78, 5) is 1.73. The first-order valence-electron chi connectivity index (χ1n) is 6.98. The fraction of sp³-hybridized carbons (Fsp3) is 0.200. The van der Waals surface area contributed by atoms with Gasteiger partial charge in [0, 0.05) is 0 Å². The minimum absolute atomic E-state index is 0.0789. The van der Waals surface area contributed by atoms with Gasteiger partial charge < -0.3 is 0 Å². The molecule has 2 heterocycles. The first-order chi connectivity index (χ1) is 10.4. The summed E-state index contributed by atoms with van der Waals surface area (Å²) in [6, 6.07) is 15.8. The number of para-hydroxylation sites is 1. The van der Waals surface area contributed by atoms with Gasteiger partial charge in [0.1, 0.15) is 16.6 Å². The molecular formula is C15H14N6. The molecule has 0 radical (unpaired) electrons. The Morgan fingerprint density at radius 3 is 2.19 bits per heavy atom. The van der Waals surface area contributed by atoms with Crippen molar-refractivity contribution >= 4 is 22.1 Å². The lowest BCUT2D eigenvalue weighted by Gasteiger charge is -2.14. The third kappa shape index (κ3) is 1.87. The lowest BCUT2D eigenvalue weighted by atomic mass is 10.3. The van der Waals surface area contributed by atoms with Crippen molar-refractivity contribution in [3.63, 3.8) is 0 Å². The third-order valence-electron chi connectivity index (χ3n) is 3.59. The van der Waals surface area contributed by atoms with Gasteiger partial charge in [0.25, 0.3) is 0 Å². The monoisotopic (exact) mass is 278 g/mol. The number of benzene rings is 2. The molecule has 0 aliphatic rings. The molecule has 0 aliphatic carbocycles. The summed E-state index contributed by atoms with van der Waals surface area (Å²) in [7, 11) is 0. The molecule has 0 saturated carbocycles. The summed E-state index contributed by atoms with van der Waals surface area (Å²) in [5, 5.41) is 17.6. The van der Waals surface area contributed by atoms with E-state index in [1.54, 1.807) is 4.80 Å². The summed E-state index contributed by atoms with van der Waals surface area (Å²) in [5.74, 6) is 0. The molecule has 1 atom stereocenters. The number of aromatic nitrogens is 6. The maximum absolute atomic E-state index is 4.56. The molecule has 0 amide bonds. The van der Waals surface area contributed by atoms with E-state index in [1.807, 2.05) is 53.2 Å². The lowest BCUT2D eigenvalue weighted by Crippen LogP contribution is -2.21. The first kappa shape index (κ1) is 12.0. The maximum atomic E-state index is 4.56. The lowest BCUT2D eigenvalue weighted by molar-refractivity contribution is 0.320. The van der Waals surface area contributed by atoms with E-state index in [-0.39, 0.29) is 6.17 Å². The number of fused-ring (bicyclic) bond motifs is 2. The minimum Gasteiger partial charge on any atom is -0.218 e. The van der Waals surface area contributed by atoms with E-state index in [9.17, 15) is 0 Å². The van der Waals surface area contributed by atoms with Gasteiger partial charge in [0.15, 0.2) is 6.17 Å². The smallest absolute Gasteiger partial charge is 0.165 e. The standard InChI is InChI=1S/C15H14N6/c1-2-15(20-14-10-6-5-9-13(14)16-19-20)21-17-11-7-3-4-8-12(11)18-21/h3-10,15H,2H2,1H3. The minimum atomic E-state index is -0.0789. The maximum Gasteiger partial charge on any atom is 0.165 e. The molecule has 6 nitrogen and oxygen atoms in total. The summed E-state index contributed by atoms with van der Waals surface area (Å²) < 4.78 is 1.88. The summed E-state index contributed by atoms with van der Waals surface area (Å²) >= 11 is 0. The van der Waals surface area contributed by atoms with Crippen LogP contribution < -0.4 is 0 Å². The highest BCUT2D eigenvalue weighted by Crippen LogP contribution is 2.20. The Labute approximate surface area is 121 Å². The van der Waals surface area contributed by atoms with Crippen molar-refractivity contribution < 1.29 is 0 Å². The van der Waals surface area contributed by atoms with E-state index in [1.165, 1.54) is 0 Å². The van der Waals surface area contributed by atoms with Crippen LogP contribution in [0.5, 0.6) is 0 Å². The zero-order valence-electron chi connectivity index (χ0n) is 11.6. The second kappa shape index (κ2) is 4.66. The van der Waals surface area contributed by atoms with Crippen molar-refractivity contribution in [2.75, 3.05) is 0 Å². The molecule has 0 saturated heterocycles. The van der Waals surface area contributed by atoms with Gasteiger partial charge in [0.2, 0.25) is 0 Å². The van der Waals surface area contributed by atoms with Crippen LogP contribution in [0.3, 0.4) is 0 Å². The number of hydrogen-bond acceptors (Lipinski definition) is 4. The fourth-order valence-electron chi connectivity index (χ4n) is 2.55. The van der Waals surface area contributed by atoms with E-state index in [0.717, 1.165) is 28.5 Å². The largest absolute Gasteiger partial charge is 0.218 e. The van der Waals surface area contributed by atoms with E-state index >= 15 is 0 Å². The molecule has 104 valence electrons. The van der Waals surface area contributed by atoms with Crippen LogP contribution in [-0.2, 0) is 0 Å². The molecule has 2 aromatic heterocycles. The number of hydrogen-bond donors (Lipinski definition) is 0. The van der Waals surface area contributed by atoms with Gasteiger partial charge >= 0.3 is 0 Å². The van der Waals surface area contributed by atoms with Crippen molar-refractivity contribution in [2.24, 2.45) is 0 Å². The molecule has 0 fully saturated rings. The van der Waals surface area contributed by atoms with Crippen LogP contribution in [0.15, 0.2) is 48.5 Å². The van der Waals surface area contributed by atoms with Crippen molar-refractivity contribution in [3.05, 3.63) is 48.5 Å². The predicted molar refractivity (Wildman–Crippen MR) is 79.8 cm³/mol. The van der Waals surface area contributed by atoms with Gasteiger partial charge in [-0.05, 0) is 30.7 Å². The Bertz CT molecular complexity index is 873. The fourth-order valence-corrected chi connectivity index (χ4v) is 2.55.